The molecule has 0 radical (unpaired) electrons. The third-order valence-electron chi connectivity index (χ3n) is 5.42. The molecule has 2 atom stereocenters. The van der Waals surface area contributed by atoms with Crippen LogP contribution >= 0.6 is 0 Å². The van der Waals surface area contributed by atoms with Crippen molar-refractivity contribution in [1.82, 2.24) is 10.2 Å². The molecule has 1 N–H and O–H groups in total. The molecule has 1 aliphatic carbocycles. The molecule has 1 aromatic rings. The quantitative estimate of drug-likeness (QED) is 0.628. The number of amides is 3. The van der Waals surface area contributed by atoms with Crippen LogP contribution in [0.25, 0.3) is 0 Å². The maximum Gasteiger partial charge on any atom is 0.326 e. The number of esters is 1. The second kappa shape index (κ2) is 7.54. The van der Waals surface area contributed by atoms with Crippen molar-refractivity contribution in [2.75, 3.05) is 13.7 Å². The van der Waals surface area contributed by atoms with Crippen molar-refractivity contribution in [3.05, 3.63) is 29.6 Å². The van der Waals surface area contributed by atoms with Crippen LogP contribution in [0.5, 0.6) is 5.75 Å². The third kappa shape index (κ3) is 3.61. The Morgan fingerprint density at radius 2 is 2.15 bits per heavy atom. The van der Waals surface area contributed by atoms with Gasteiger partial charge in [0, 0.05) is 5.56 Å². The minimum atomic E-state index is -0.915. The van der Waals surface area contributed by atoms with E-state index in [1.165, 1.54) is 25.3 Å². The lowest BCUT2D eigenvalue weighted by Crippen LogP contribution is -2.54. The van der Waals surface area contributed by atoms with E-state index in [0.29, 0.717) is 17.7 Å². The molecule has 0 aromatic heterocycles. The lowest BCUT2D eigenvalue weighted by atomic mass is 9.73. The third-order valence-corrected chi connectivity index (χ3v) is 5.42. The van der Waals surface area contributed by atoms with E-state index in [0.717, 1.165) is 24.2 Å². The van der Waals surface area contributed by atoms with Crippen LogP contribution in [0.3, 0.4) is 0 Å². The number of carbonyl (C=O) groups is 3. The lowest BCUT2D eigenvalue weighted by Gasteiger charge is -2.36. The Morgan fingerprint density at radius 1 is 1.37 bits per heavy atom. The number of ether oxygens (including phenoxy) is 2. The second-order valence-corrected chi connectivity index (χ2v) is 7.06. The first kappa shape index (κ1) is 19.1. The van der Waals surface area contributed by atoms with Gasteiger partial charge in [-0.15, -0.1) is 0 Å². The van der Waals surface area contributed by atoms with Crippen molar-refractivity contribution in [3.63, 3.8) is 0 Å². The number of hydrogen-bond donors (Lipinski definition) is 1. The Balaban J connectivity index is 1.64. The number of urea groups is 1. The van der Waals surface area contributed by atoms with Crippen LogP contribution < -0.4 is 10.1 Å². The molecule has 1 aliphatic heterocycles. The van der Waals surface area contributed by atoms with Gasteiger partial charge in [-0.1, -0.05) is 19.8 Å². The van der Waals surface area contributed by atoms with E-state index >= 15 is 0 Å². The highest BCUT2D eigenvalue weighted by Gasteiger charge is 2.55. The Bertz CT molecular complexity index is 768. The normalized spacial score (nSPS) is 24.9. The van der Waals surface area contributed by atoms with Gasteiger partial charge in [-0.25, -0.2) is 9.18 Å². The van der Waals surface area contributed by atoms with Gasteiger partial charge in [-0.05, 0) is 37.0 Å². The predicted octanol–water partition coefficient (Wildman–Crippen LogP) is 2.38. The fourth-order valence-electron chi connectivity index (χ4n) is 3.83. The van der Waals surface area contributed by atoms with E-state index in [2.05, 4.69) is 5.32 Å². The molecule has 3 rings (SSSR count). The average molecular weight is 378 g/mol. The van der Waals surface area contributed by atoms with E-state index in [-0.39, 0.29) is 18.4 Å². The van der Waals surface area contributed by atoms with E-state index in [1.54, 1.807) is 0 Å². The minimum absolute atomic E-state index is 0.0141. The summed E-state index contributed by atoms with van der Waals surface area (Å²) in [6.45, 7) is 1.25. The van der Waals surface area contributed by atoms with Gasteiger partial charge in [0.05, 0.1) is 7.11 Å². The zero-order valence-electron chi connectivity index (χ0n) is 15.4. The number of carbonyl (C=O) groups excluding carboxylic acids is 3. The number of imide groups is 1. The first-order chi connectivity index (χ1) is 12.9. The Kier molecular flexibility index (Phi) is 5.34. The molecule has 8 heteroatoms. The molecule has 2 fully saturated rings. The second-order valence-electron chi connectivity index (χ2n) is 7.06. The SMILES string of the molecule is COc1ccc(F)cc1COC(=O)CN1C(=O)N[C@]2(CCCC[C@@H]2C)C1=O. The lowest BCUT2D eigenvalue weighted by molar-refractivity contribution is -0.149. The molecule has 27 heavy (non-hydrogen) atoms. The van der Waals surface area contributed by atoms with Crippen LogP contribution in [-0.2, 0) is 20.9 Å². The number of halogens is 1. The molecule has 0 bridgehead atoms. The molecule has 1 spiro atoms. The van der Waals surface area contributed by atoms with Crippen LogP contribution in [-0.4, -0.2) is 42.0 Å². The zero-order valence-corrected chi connectivity index (χ0v) is 15.4. The highest BCUT2D eigenvalue weighted by molar-refractivity contribution is 6.08. The maximum atomic E-state index is 13.4. The topological polar surface area (TPSA) is 84.9 Å². The Hall–Kier alpha value is -2.64. The van der Waals surface area contributed by atoms with E-state index in [1.807, 2.05) is 6.92 Å². The van der Waals surface area contributed by atoms with Crippen LogP contribution in [0.15, 0.2) is 18.2 Å². The average Bonchev–Trinajstić information content (AvgIpc) is 2.87. The summed E-state index contributed by atoms with van der Waals surface area (Å²) in [7, 11) is 1.43. The summed E-state index contributed by atoms with van der Waals surface area (Å²) in [5.41, 5.74) is -0.554. The number of nitrogens with one attached hydrogen (secondary N) is 1. The van der Waals surface area contributed by atoms with Crippen molar-refractivity contribution in [1.29, 1.82) is 0 Å². The van der Waals surface area contributed by atoms with Crippen LogP contribution in [0, 0.1) is 11.7 Å². The van der Waals surface area contributed by atoms with Gasteiger partial charge in [0.15, 0.2) is 0 Å². The first-order valence-electron chi connectivity index (χ1n) is 8.99. The largest absolute Gasteiger partial charge is 0.496 e. The number of methoxy groups -OCH3 is 1. The molecular formula is C19H23FN2O5. The molecule has 1 aromatic carbocycles. The zero-order chi connectivity index (χ0) is 19.6. The molecular weight excluding hydrogens is 355 g/mol. The van der Waals surface area contributed by atoms with Gasteiger partial charge >= 0.3 is 12.0 Å². The highest BCUT2D eigenvalue weighted by Crippen LogP contribution is 2.38. The summed E-state index contributed by atoms with van der Waals surface area (Å²) in [5.74, 6) is -1.20. The molecule has 1 saturated carbocycles. The predicted molar refractivity (Wildman–Crippen MR) is 93.4 cm³/mol. The summed E-state index contributed by atoms with van der Waals surface area (Å²) < 4.78 is 23.6. The number of rotatable bonds is 5. The molecule has 1 saturated heterocycles. The van der Waals surface area contributed by atoms with Crippen molar-refractivity contribution >= 4 is 17.9 Å². The number of hydrogen-bond acceptors (Lipinski definition) is 5. The van der Waals surface area contributed by atoms with Gasteiger partial charge in [0.2, 0.25) is 0 Å². The molecule has 2 aliphatic rings. The fourth-order valence-corrected chi connectivity index (χ4v) is 3.83. The van der Waals surface area contributed by atoms with E-state index in [4.69, 9.17) is 9.47 Å². The molecule has 146 valence electrons. The number of nitrogens with zero attached hydrogens (tertiary/aromatic N) is 1. The smallest absolute Gasteiger partial charge is 0.326 e. The van der Waals surface area contributed by atoms with Crippen molar-refractivity contribution in [2.45, 2.75) is 44.8 Å². The highest BCUT2D eigenvalue weighted by atomic mass is 19.1. The summed E-state index contributed by atoms with van der Waals surface area (Å²) in [4.78, 5) is 38.2. The summed E-state index contributed by atoms with van der Waals surface area (Å²) in [6.07, 6.45) is 3.30. The van der Waals surface area contributed by atoms with Crippen LogP contribution in [0.2, 0.25) is 0 Å². The van der Waals surface area contributed by atoms with Crippen LogP contribution in [0.4, 0.5) is 9.18 Å². The maximum absolute atomic E-state index is 13.4. The Labute approximate surface area is 156 Å². The monoisotopic (exact) mass is 378 g/mol. The van der Waals surface area contributed by atoms with Crippen molar-refractivity contribution in [2.24, 2.45) is 5.92 Å². The molecule has 0 unspecified atom stereocenters. The minimum Gasteiger partial charge on any atom is -0.496 e. The summed E-state index contributed by atoms with van der Waals surface area (Å²) >= 11 is 0. The van der Waals surface area contributed by atoms with Gasteiger partial charge in [-0.3, -0.25) is 14.5 Å². The van der Waals surface area contributed by atoms with Gasteiger partial charge in [-0.2, -0.15) is 0 Å². The van der Waals surface area contributed by atoms with E-state index in [9.17, 15) is 18.8 Å². The first-order valence-corrected chi connectivity index (χ1v) is 8.99. The summed E-state index contributed by atoms with van der Waals surface area (Å²) in [6, 6.07) is 3.30. The standard InChI is InChI=1S/C19H23FN2O5/c1-12-5-3-4-8-19(12)17(24)22(18(25)21-19)10-16(23)27-11-13-9-14(20)6-7-15(13)26-2/h6-7,9,12H,3-5,8,10-11H2,1-2H3,(H,21,25)/t12-,19-/m0/s1. The van der Waals surface area contributed by atoms with Crippen molar-refractivity contribution < 1.29 is 28.2 Å². The fraction of sp³-hybridized carbons (Fsp3) is 0.526. The molecule has 7 nitrogen and oxygen atoms in total. The van der Waals surface area contributed by atoms with Gasteiger partial charge < -0.3 is 14.8 Å². The van der Waals surface area contributed by atoms with Gasteiger partial charge in [0.1, 0.15) is 30.3 Å². The number of benzene rings is 1. The Morgan fingerprint density at radius 3 is 2.85 bits per heavy atom. The van der Waals surface area contributed by atoms with Gasteiger partial charge in [0.25, 0.3) is 5.91 Å². The summed E-state index contributed by atoms with van der Waals surface area (Å²) in [5, 5.41) is 2.78. The van der Waals surface area contributed by atoms with Crippen LogP contribution in [0.1, 0.15) is 38.2 Å². The molecule has 1 heterocycles. The van der Waals surface area contributed by atoms with Crippen molar-refractivity contribution in [3.8, 4) is 5.75 Å². The van der Waals surface area contributed by atoms with E-state index < -0.39 is 29.9 Å². The molecule has 3 amide bonds.